The number of esters is 2. The molecule has 24 heavy (non-hydrogen) atoms. The number of unbranched alkanes of at least 4 members (excludes halogenated alkanes) is 3. The molecule has 0 aliphatic rings. The SMILES string of the molecule is CCCCCC(=O)OCCOOC(CCCC)C(=O)OC(C)(C)C. The lowest BCUT2D eigenvalue weighted by molar-refractivity contribution is -0.325. The highest BCUT2D eigenvalue weighted by atomic mass is 17.2. The van der Waals surface area contributed by atoms with Gasteiger partial charge in [-0.1, -0.05) is 39.5 Å². The summed E-state index contributed by atoms with van der Waals surface area (Å²) in [5, 5.41) is 0. The minimum Gasteiger partial charge on any atom is -0.463 e. The zero-order valence-electron chi connectivity index (χ0n) is 15.9. The molecule has 0 rings (SSSR count). The number of carbonyl (C=O) groups is 2. The number of rotatable bonds is 13. The van der Waals surface area contributed by atoms with Gasteiger partial charge < -0.3 is 9.47 Å². The Bertz CT molecular complexity index is 348. The van der Waals surface area contributed by atoms with Crippen LogP contribution in [0.5, 0.6) is 0 Å². The second-order valence-corrected chi connectivity index (χ2v) is 6.76. The molecule has 0 fully saturated rings. The molecule has 6 heteroatoms. The van der Waals surface area contributed by atoms with E-state index in [4.69, 9.17) is 19.2 Å². The summed E-state index contributed by atoms with van der Waals surface area (Å²) in [6.45, 7) is 9.73. The van der Waals surface area contributed by atoms with Gasteiger partial charge in [-0.3, -0.25) is 4.79 Å². The number of hydrogen-bond donors (Lipinski definition) is 0. The van der Waals surface area contributed by atoms with Crippen LogP contribution in [0.25, 0.3) is 0 Å². The third-order valence-electron chi connectivity index (χ3n) is 3.09. The minimum atomic E-state index is -0.760. The Kier molecular flexibility index (Phi) is 12.6. The molecule has 0 amide bonds. The van der Waals surface area contributed by atoms with Crippen molar-refractivity contribution in [2.45, 2.75) is 91.3 Å². The number of hydrogen-bond acceptors (Lipinski definition) is 6. The van der Waals surface area contributed by atoms with Crippen molar-refractivity contribution in [1.82, 2.24) is 0 Å². The summed E-state index contributed by atoms with van der Waals surface area (Å²) in [7, 11) is 0. The van der Waals surface area contributed by atoms with Crippen LogP contribution >= 0.6 is 0 Å². The van der Waals surface area contributed by atoms with E-state index in [1.807, 2.05) is 6.92 Å². The fraction of sp³-hybridized carbons (Fsp3) is 0.889. The van der Waals surface area contributed by atoms with Crippen LogP contribution in [0.1, 0.15) is 79.6 Å². The summed E-state index contributed by atoms with van der Waals surface area (Å²) < 4.78 is 10.4. The zero-order valence-corrected chi connectivity index (χ0v) is 15.9. The van der Waals surface area contributed by atoms with Gasteiger partial charge in [0.1, 0.15) is 18.8 Å². The standard InChI is InChI=1S/C18H34O6/c1-6-8-10-12-16(19)21-13-14-22-24-15(11-9-7-2)17(20)23-18(3,4)5/h15H,6-14H2,1-5H3. The Morgan fingerprint density at radius 2 is 1.62 bits per heavy atom. The van der Waals surface area contributed by atoms with E-state index in [1.165, 1.54) is 0 Å². The Hall–Kier alpha value is -1.14. The summed E-state index contributed by atoms with van der Waals surface area (Å²) in [5.41, 5.74) is -0.571. The van der Waals surface area contributed by atoms with Crippen molar-refractivity contribution < 1.29 is 28.8 Å². The number of ether oxygens (including phenoxy) is 2. The quantitative estimate of drug-likeness (QED) is 0.218. The van der Waals surface area contributed by atoms with Crippen molar-refractivity contribution in [3.05, 3.63) is 0 Å². The molecule has 0 N–H and O–H groups in total. The molecule has 0 aliphatic carbocycles. The van der Waals surface area contributed by atoms with Crippen LogP contribution in [0.3, 0.4) is 0 Å². The van der Waals surface area contributed by atoms with Gasteiger partial charge in [-0.25, -0.2) is 14.6 Å². The average Bonchev–Trinajstić information content (AvgIpc) is 2.48. The highest BCUT2D eigenvalue weighted by Crippen LogP contribution is 2.14. The predicted molar refractivity (Wildman–Crippen MR) is 91.3 cm³/mol. The molecule has 0 aromatic rings. The summed E-state index contributed by atoms with van der Waals surface area (Å²) in [6.07, 6.45) is 4.89. The molecule has 0 bridgehead atoms. The van der Waals surface area contributed by atoms with E-state index in [-0.39, 0.29) is 19.2 Å². The molecule has 0 spiro atoms. The first-order valence-corrected chi connectivity index (χ1v) is 8.97. The molecule has 0 aromatic heterocycles. The second kappa shape index (κ2) is 13.2. The van der Waals surface area contributed by atoms with Crippen molar-refractivity contribution >= 4 is 11.9 Å². The normalized spacial score (nSPS) is 12.7. The van der Waals surface area contributed by atoms with Gasteiger partial charge in [0.15, 0.2) is 6.10 Å². The van der Waals surface area contributed by atoms with Crippen molar-refractivity contribution in [3.8, 4) is 0 Å². The summed E-state index contributed by atoms with van der Waals surface area (Å²) in [4.78, 5) is 33.7. The molecule has 0 aromatic carbocycles. The first kappa shape index (κ1) is 22.9. The molecule has 1 atom stereocenters. The Morgan fingerprint density at radius 3 is 2.21 bits per heavy atom. The molecule has 0 saturated carbocycles. The molecule has 0 radical (unpaired) electrons. The topological polar surface area (TPSA) is 71.1 Å². The molecular formula is C18H34O6. The van der Waals surface area contributed by atoms with Gasteiger partial charge in [-0.15, -0.1) is 0 Å². The lowest BCUT2D eigenvalue weighted by Crippen LogP contribution is -2.34. The van der Waals surface area contributed by atoms with Gasteiger partial charge in [0.2, 0.25) is 0 Å². The fourth-order valence-electron chi connectivity index (χ4n) is 1.87. The van der Waals surface area contributed by atoms with Crippen LogP contribution < -0.4 is 0 Å². The lowest BCUT2D eigenvalue weighted by Gasteiger charge is -2.23. The van der Waals surface area contributed by atoms with Gasteiger partial charge in [0.25, 0.3) is 0 Å². The zero-order chi connectivity index (χ0) is 18.4. The maximum Gasteiger partial charge on any atom is 0.339 e. The van der Waals surface area contributed by atoms with Crippen LogP contribution in [-0.2, 0) is 28.8 Å². The average molecular weight is 346 g/mol. The second-order valence-electron chi connectivity index (χ2n) is 6.76. The van der Waals surface area contributed by atoms with Crippen LogP contribution in [0.2, 0.25) is 0 Å². The van der Waals surface area contributed by atoms with E-state index in [0.29, 0.717) is 12.8 Å². The molecular weight excluding hydrogens is 312 g/mol. The summed E-state index contributed by atoms with van der Waals surface area (Å²) in [5.74, 6) is -0.672. The third kappa shape index (κ3) is 13.3. The monoisotopic (exact) mass is 346 g/mol. The molecule has 1 unspecified atom stereocenters. The van der Waals surface area contributed by atoms with Crippen molar-refractivity contribution in [2.24, 2.45) is 0 Å². The van der Waals surface area contributed by atoms with E-state index in [1.54, 1.807) is 20.8 Å². The van der Waals surface area contributed by atoms with E-state index in [9.17, 15) is 9.59 Å². The number of carbonyl (C=O) groups excluding carboxylic acids is 2. The van der Waals surface area contributed by atoms with Gasteiger partial charge in [0, 0.05) is 6.42 Å². The van der Waals surface area contributed by atoms with Crippen LogP contribution in [0.4, 0.5) is 0 Å². The third-order valence-corrected chi connectivity index (χ3v) is 3.09. The smallest absolute Gasteiger partial charge is 0.339 e. The highest BCUT2D eigenvalue weighted by Gasteiger charge is 2.26. The van der Waals surface area contributed by atoms with E-state index >= 15 is 0 Å². The van der Waals surface area contributed by atoms with Crippen LogP contribution in [0.15, 0.2) is 0 Å². The Labute approximate surface area is 146 Å². The molecule has 0 aliphatic heterocycles. The van der Waals surface area contributed by atoms with Crippen LogP contribution in [0, 0.1) is 0 Å². The van der Waals surface area contributed by atoms with Crippen molar-refractivity contribution in [1.29, 1.82) is 0 Å². The van der Waals surface area contributed by atoms with E-state index in [2.05, 4.69) is 6.92 Å². The van der Waals surface area contributed by atoms with Gasteiger partial charge in [-0.05, 0) is 33.6 Å². The molecule has 0 saturated heterocycles. The Morgan fingerprint density at radius 1 is 0.958 bits per heavy atom. The van der Waals surface area contributed by atoms with Crippen LogP contribution in [-0.4, -0.2) is 36.9 Å². The Balaban J connectivity index is 4.01. The van der Waals surface area contributed by atoms with Gasteiger partial charge in [0.05, 0.1) is 0 Å². The van der Waals surface area contributed by atoms with Crippen molar-refractivity contribution in [2.75, 3.05) is 13.2 Å². The fourth-order valence-corrected chi connectivity index (χ4v) is 1.87. The minimum absolute atomic E-state index is 0.0882. The van der Waals surface area contributed by atoms with E-state index < -0.39 is 17.7 Å². The maximum atomic E-state index is 12.1. The van der Waals surface area contributed by atoms with Gasteiger partial charge >= 0.3 is 11.9 Å². The molecule has 0 heterocycles. The lowest BCUT2D eigenvalue weighted by atomic mass is 10.1. The van der Waals surface area contributed by atoms with Gasteiger partial charge in [-0.2, -0.15) is 0 Å². The first-order valence-electron chi connectivity index (χ1n) is 8.97. The molecule has 6 nitrogen and oxygen atoms in total. The maximum absolute atomic E-state index is 12.1. The molecule has 142 valence electrons. The first-order chi connectivity index (χ1) is 11.3. The summed E-state index contributed by atoms with van der Waals surface area (Å²) in [6, 6.07) is 0. The van der Waals surface area contributed by atoms with Crippen molar-refractivity contribution in [3.63, 3.8) is 0 Å². The largest absolute Gasteiger partial charge is 0.463 e. The highest BCUT2D eigenvalue weighted by molar-refractivity contribution is 5.75. The summed E-state index contributed by atoms with van der Waals surface area (Å²) >= 11 is 0. The predicted octanol–water partition coefficient (Wildman–Crippen LogP) is 3.96. The van der Waals surface area contributed by atoms with E-state index in [0.717, 1.165) is 32.1 Å².